The first kappa shape index (κ1) is 14.6. The fourth-order valence-corrected chi connectivity index (χ4v) is 2.70. The van der Waals surface area contributed by atoms with Crippen LogP contribution in [0.3, 0.4) is 0 Å². The van der Waals surface area contributed by atoms with Crippen LogP contribution in [0.5, 0.6) is 0 Å². The van der Waals surface area contributed by atoms with E-state index in [1.54, 1.807) is 18.2 Å². The summed E-state index contributed by atoms with van der Waals surface area (Å²) >= 11 is 23.2. The highest BCUT2D eigenvalue weighted by Crippen LogP contribution is 2.38. The molecular formula is C13H5Cl4FO. The van der Waals surface area contributed by atoms with Crippen LogP contribution in [-0.4, -0.2) is 5.24 Å². The molecule has 0 saturated heterocycles. The molecule has 0 heterocycles. The van der Waals surface area contributed by atoms with Gasteiger partial charge in [-0.05, 0) is 35.9 Å². The molecule has 6 heteroatoms. The van der Waals surface area contributed by atoms with Crippen molar-refractivity contribution in [2.75, 3.05) is 0 Å². The van der Waals surface area contributed by atoms with Gasteiger partial charge < -0.3 is 0 Å². The van der Waals surface area contributed by atoms with E-state index in [0.29, 0.717) is 5.56 Å². The second-order valence-corrected chi connectivity index (χ2v) is 5.25. The quantitative estimate of drug-likeness (QED) is 0.630. The van der Waals surface area contributed by atoms with E-state index in [4.69, 9.17) is 46.4 Å². The smallest absolute Gasteiger partial charge is 0.253 e. The van der Waals surface area contributed by atoms with Gasteiger partial charge in [0.15, 0.2) is 0 Å². The van der Waals surface area contributed by atoms with Gasteiger partial charge in [-0.15, -0.1) is 0 Å². The summed E-state index contributed by atoms with van der Waals surface area (Å²) < 4.78 is 14.0. The average molecular weight is 338 g/mol. The highest BCUT2D eigenvalue weighted by Gasteiger charge is 2.17. The molecule has 0 saturated carbocycles. The Morgan fingerprint density at radius 1 is 1.00 bits per heavy atom. The van der Waals surface area contributed by atoms with E-state index in [1.165, 1.54) is 6.07 Å². The lowest BCUT2D eigenvalue weighted by atomic mass is 10.0. The average Bonchev–Trinajstić information content (AvgIpc) is 2.32. The molecule has 0 radical (unpaired) electrons. The molecule has 2 rings (SSSR count). The third kappa shape index (κ3) is 2.87. The summed E-state index contributed by atoms with van der Waals surface area (Å²) in [6.45, 7) is 0. The molecule has 98 valence electrons. The SMILES string of the molecule is O=C(Cl)c1cc(F)c(-c2c(Cl)cccc2Cl)cc1Cl. The zero-order valence-corrected chi connectivity index (χ0v) is 12.2. The molecule has 0 aliphatic heterocycles. The molecule has 0 spiro atoms. The molecule has 0 atom stereocenters. The van der Waals surface area contributed by atoms with Crippen LogP contribution in [0, 0.1) is 5.82 Å². The summed E-state index contributed by atoms with van der Waals surface area (Å²) in [6.07, 6.45) is 0. The molecule has 1 nitrogen and oxygen atoms in total. The van der Waals surface area contributed by atoms with Crippen LogP contribution in [0.1, 0.15) is 10.4 Å². The predicted octanol–water partition coefficient (Wildman–Crippen LogP) is 5.83. The number of benzene rings is 2. The molecule has 0 unspecified atom stereocenters. The number of carbonyl (C=O) groups excluding carboxylic acids is 1. The maximum atomic E-state index is 14.0. The third-order valence-electron chi connectivity index (χ3n) is 2.50. The van der Waals surface area contributed by atoms with Gasteiger partial charge in [0.25, 0.3) is 5.24 Å². The molecule has 0 bridgehead atoms. The zero-order chi connectivity index (χ0) is 14.2. The van der Waals surface area contributed by atoms with Crippen LogP contribution in [0.25, 0.3) is 11.1 Å². The fraction of sp³-hybridized carbons (Fsp3) is 0. The molecule has 0 aromatic heterocycles. The molecular weight excluding hydrogens is 333 g/mol. The van der Waals surface area contributed by atoms with Crippen LogP contribution >= 0.6 is 46.4 Å². The minimum absolute atomic E-state index is 0.0346. The Morgan fingerprint density at radius 2 is 1.58 bits per heavy atom. The monoisotopic (exact) mass is 336 g/mol. The maximum Gasteiger partial charge on any atom is 0.253 e. The second-order valence-electron chi connectivity index (χ2n) is 3.68. The first-order valence-electron chi connectivity index (χ1n) is 5.05. The van der Waals surface area contributed by atoms with Gasteiger partial charge in [-0.2, -0.15) is 0 Å². The maximum absolute atomic E-state index is 14.0. The van der Waals surface area contributed by atoms with Crippen LogP contribution in [0.15, 0.2) is 30.3 Å². The summed E-state index contributed by atoms with van der Waals surface area (Å²) in [5, 5.41) is -0.229. The van der Waals surface area contributed by atoms with E-state index < -0.39 is 11.1 Å². The largest absolute Gasteiger partial charge is 0.276 e. The van der Waals surface area contributed by atoms with Gasteiger partial charge in [0.05, 0.1) is 10.6 Å². The van der Waals surface area contributed by atoms with E-state index in [9.17, 15) is 9.18 Å². The van der Waals surface area contributed by atoms with Crippen LogP contribution < -0.4 is 0 Å². The van der Waals surface area contributed by atoms with Crippen molar-refractivity contribution in [2.45, 2.75) is 0 Å². The number of rotatable bonds is 2. The minimum atomic E-state index is -0.833. The van der Waals surface area contributed by atoms with Crippen LogP contribution in [-0.2, 0) is 0 Å². The van der Waals surface area contributed by atoms with Crippen molar-refractivity contribution in [2.24, 2.45) is 0 Å². The van der Waals surface area contributed by atoms with E-state index in [0.717, 1.165) is 6.07 Å². The van der Waals surface area contributed by atoms with Crippen molar-refractivity contribution in [1.29, 1.82) is 0 Å². The van der Waals surface area contributed by atoms with Gasteiger partial charge in [0.1, 0.15) is 5.82 Å². The highest BCUT2D eigenvalue weighted by atomic mass is 35.5. The Labute approximate surface area is 128 Å². The van der Waals surface area contributed by atoms with Crippen molar-refractivity contribution in [1.82, 2.24) is 0 Å². The Kier molecular flexibility index (Phi) is 4.36. The Morgan fingerprint density at radius 3 is 2.11 bits per heavy atom. The summed E-state index contributed by atoms with van der Waals surface area (Å²) in [7, 11) is 0. The number of hydrogen-bond donors (Lipinski definition) is 0. The van der Waals surface area contributed by atoms with E-state index in [-0.39, 0.29) is 26.2 Å². The van der Waals surface area contributed by atoms with Crippen molar-refractivity contribution >= 4 is 51.6 Å². The Balaban J connectivity index is 2.71. The van der Waals surface area contributed by atoms with Gasteiger partial charge in [-0.25, -0.2) is 4.39 Å². The topological polar surface area (TPSA) is 17.1 Å². The zero-order valence-electron chi connectivity index (χ0n) is 9.18. The molecule has 0 aliphatic rings. The summed E-state index contributed by atoms with van der Waals surface area (Å²) in [5.41, 5.74) is 0.328. The third-order valence-corrected chi connectivity index (χ3v) is 3.65. The Bertz CT molecular complexity index is 650. The first-order valence-corrected chi connectivity index (χ1v) is 6.56. The molecule has 2 aromatic carbocycles. The number of halogens is 5. The van der Waals surface area contributed by atoms with E-state index >= 15 is 0 Å². The number of carbonyl (C=O) groups is 1. The second kappa shape index (κ2) is 5.68. The normalized spacial score (nSPS) is 10.6. The molecule has 19 heavy (non-hydrogen) atoms. The van der Waals surface area contributed by atoms with Crippen molar-refractivity contribution in [3.63, 3.8) is 0 Å². The molecule has 0 fully saturated rings. The lowest BCUT2D eigenvalue weighted by Crippen LogP contribution is -1.95. The Hall–Kier alpha value is -0.800. The van der Waals surface area contributed by atoms with Gasteiger partial charge in [0.2, 0.25) is 0 Å². The summed E-state index contributed by atoms with van der Waals surface area (Å²) in [4.78, 5) is 11.1. The molecule has 0 N–H and O–H groups in total. The highest BCUT2D eigenvalue weighted by molar-refractivity contribution is 6.68. The van der Waals surface area contributed by atoms with Crippen molar-refractivity contribution in [3.8, 4) is 11.1 Å². The van der Waals surface area contributed by atoms with Crippen LogP contribution in [0.2, 0.25) is 15.1 Å². The first-order chi connectivity index (χ1) is 8.91. The van der Waals surface area contributed by atoms with E-state index in [2.05, 4.69) is 0 Å². The van der Waals surface area contributed by atoms with Gasteiger partial charge in [-0.1, -0.05) is 40.9 Å². The lowest BCUT2D eigenvalue weighted by Gasteiger charge is -2.10. The van der Waals surface area contributed by atoms with Gasteiger partial charge >= 0.3 is 0 Å². The summed E-state index contributed by atoms with van der Waals surface area (Å²) in [6, 6.07) is 7.05. The molecule has 0 aliphatic carbocycles. The fourth-order valence-electron chi connectivity index (χ4n) is 1.64. The van der Waals surface area contributed by atoms with Crippen molar-refractivity contribution in [3.05, 3.63) is 56.8 Å². The molecule has 0 amide bonds. The van der Waals surface area contributed by atoms with Gasteiger partial charge in [0, 0.05) is 21.2 Å². The van der Waals surface area contributed by atoms with Crippen LogP contribution in [0.4, 0.5) is 4.39 Å². The van der Waals surface area contributed by atoms with Crippen molar-refractivity contribution < 1.29 is 9.18 Å². The summed E-state index contributed by atoms with van der Waals surface area (Å²) in [5.74, 6) is -0.677. The minimum Gasteiger partial charge on any atom is -0.276 e. The predicted molar refractivity (Wildman–Crippen MR) is 77.0 cm³/mol. The molecule has 2 aromatic rings. The number of hydrogen-bond acceptors (Lipinski definition) is 1. The standard InChI is InChI=1S/C13H5Cl4FO/c14-8-2-1-3-9(15)12(8)7-4-10(16)6(13(17)19)5-11(7)18/h1-5H. The van der Waals surface area contributed by atoms with Gasteiger partial charge in [-0.3, -0.25) is 4.79 Å². The van der Waals surface area contributed by atoms with E-state index in [1.807, 2.05) is 0 Å². The lowest BCUT2D eigenvalue weighted by molar-refractivity contribution is 0.108.